The first-order valence-electron chi connectivity index (χ1n) is 7.85. The second-order valence-corrected chi connectivity index (χ2v) is 11.9. The Morgan fingerprint density at radius 2 is 1.63 bits per heavy atom. The summed E-state index contributed by atoms with van der Waals surface area (Å²) in [5, 5.41) is 1.25. The van der Waals surface area contributed by atoms with E-state index >= 15 is 0 Å². The van der Waals surface area contributed by atoms with E-state index in [1.807, 2.05) is 25.6 Å². The van der Waals surface area contributed by atoms with E-state index in [-0.39, 0.29) is 5.78 Å². The van der Waals surface area contributed by atoms with Gasteiger partial charge in [-0.3, -0.25) is 4.79 Å². The van der Waals surface area contributed by atoms with E-state index in [0.717, 1.165) is 16.8 Å². The molecule has 27 heavy (non-hydrogen) atoms. The molecular weight excluding hydrogens is 397 g/mol. The van der Waals surface area contributed by atoms with Crippen LogP contribution in [0.5, 0.6) is 5.75 Å². The quantitative estimate of drug-likeness (QED) is 0.442. The fraction of sp³-hybridized carbons (Fsp3) is 0.167. The standard InChI is InChI=1S/C18H15F3O4SSi/c1-4-27(3)15-9-11(2)5-7-13(15)17(22)14-8-6-12(10-16(14)27)25-26(23,24)18(19,20)21/h4-10H,1H2,2-3H3. The lowest BCUT2D eigenvalue weighted by molar-refractivity contribution is -0.0500. The summed E-state index contributed by atoms with van der Waals surface area (Å²) in [6.07, 6.45) is 0. The molecule has 0 spiro atoms. The molecule has 0 amide bonds. The van der Waals surface area contributed by atoms with Crippen molar-refractivity contribution in [3.63, 3.8) is 0 Å². The number of halogens is 3. The minimum atomic E-state index is -5.80. The maximum absolute atomic E-state index is 12.8. The van der Waals surface area contributed by atoms with Crippen molar-refractivity contribution in [2.24, 2.45) is 0 Å². The molecule has 0 aliphatic carbocycles. The zero-order valence-corrected chi connectivity index (χ0v) is 16.2. The number of rotatable bonds is 3. The molecule has 0 saturated heterocycles. The smallest absolute Gasteiger partial charge is 0.376 e. The van der Waals surface area contributed by atoms with Crippen molar-refractivity contribution < 1.29 is 30.6 Å². The van der Waals surface area contributed by atoms with Gasteiger partial charge in [-0.25, -0.2) is 0 Å². The highest BCUT2D eigenvalue weighted by molar-refractivity contribution is 7.88. The third-order valence-electron chi connectivity index (χ3n) is 4.67. The molecule has 0 N–H and O–H groups in total. The van der Waals surface area contributed by atoms with Crippen molar-refractivity contribution in [3.8, 4) is 5.75 Å². The summed E-state index contributed by atoms with van der Waals surface area (Å²) in [6.45, 7) is 7.63. The predicted molar refractivity (Wildman–Crippen MR) is 97.7 cm³/mol. The van der Waals surface area contributed by atoms with Gasteiger partial charge in [0.15, 0.2) is 5.78 Å². The van der Waals surface area contributed by atoms with Crippen LogP contribution in [0.1, 0.15) is 21.5 Å². The molecule has 2 aromatic rings. The van der Waals surface area contributed by atoms with Gasteiger partial charge in [-0.1, -0.05) is 36.0 Å². The van der Waals surface area contributed by atoms with Crippen LogP contribution in [0.3, 0.4) is 0 Å². The summed E-state index contributed by atoms with van der Waals surface area (Å²) in [7, 11) is -8.49. The number of ketones is 1. The second-order valence-electron chi connectivity index (χ2n) is 6.48. The van der Waals surface area contributed by atoms with E-state index in [0.29, 0.717) is 16.3 Å². The van der Waals surface area contributed by atoms with E-state index < -0.39 is 29.4 Å². The third kappa shape index (κ3) is 3.00. The Bertz CT molecular complexity index is 1080. The van der Waals surface area contributed by atoms with Crippen LogP contribution in [-0.4, -0.2) is 27.8 Å². The van der Waals surface area contributed by atoms with Crippen molar-refractivity contribution in [1.82, 2.24) is 0 Å². The van der Waals surface area contributed by atoms with Crippen molar-refractivity contribution >= 4 is 34.3 Å². The van der Waals surface area contributed by atoms with Crippen molar-refractivity contribution in [2.45, 2.75) is 19.0 Å². The summed E-state index contributed by atoms with van der Waals surface area (Å²) in [5.74, 6) is -0.757. The zero-order chi connectivity index (χ0) is 20.2. The van der Waals surface area contributed by atoms with E-state index in [2.05, 4.69) is 10.8 Å². The maximum atomic E-state index is 12.8. The molecule has 0 aromatic heterocycles. The van der Waals surface area contributed by atoms with Crippen LogP contribution in [0, 0.1) is 6.92 Å². The zero-order valence-electron chi connectivity index (χ0n) is 14.4. The number of hydrogen-bond donors (Lipinski definition) is 0. The average Bonchev–Trinajstić information content (AvgIpc) is 2.58. The highest BCUT2D eigenvalue weighted by atomic mass is 32.2. The topological polar surface area (TPSA) is 60.4 Å². The van der Waals surface area contributed by atoms with Gasteiger partial charge in [0.05, 0.1) is 0 Å². The number of benzene rings is 2. The Hall–Kier alpha value is -2.39. The van der Waals surface area contributed by atoms with Gasteiger partial charge in [0.1, 0.15) is 13.8 Å². The molecule has 1 unspecified atom stereocenters. The monoisotopic (exact) mass is 412 g/mol. The summed E-state index contributed by atoms with van der Waals surface area (Å²) in [4.78, 5) is 12.8. The first kappa shape index (κ1) is 19.4. The molecule has 9 heteroatoms. The number of carbonyl (C=O) groups excluding carboxylic acids is 1. The first-order chi connectivity index (χ1) is 12.4. The van der Waals surface area contributed by atoms with E-state index in [1.54, 1.807) is 11.8 Å². The molecule has 0 radical (unpaired) electrons. The third-order valence-corrected chi connectivity index (χ3v) is 9.53. The fourth-order valence-electron chi connectivity index (χ4n) is 3.17. The van der Waals surface area contributed by atoms with Gasteiger partial charge < -0.3 is 4.18 Å². The maximum Gasteiger partial charge on any atom is 0.534 e. The number of hydrogen-bond acceptors (Lipinski definition) is 4. The molecule has 2 aromatic carbocycles. The molecule has 142 valence electrons. The molecule has 0 saturated carbocycles. The number of alkyl halides is 3. The highest BCUT2D eigenvalue weighted by Gasteiger charge is 2.49. The van der Waals surface area contributed by atoms with Gasteiger partial charge in [-0.2, -0.15) is 21.6 Å². The Morgan fingerprint density at radius 3 is 2.19 bits per heavy atom. The van der Waals surface area contributed by atoms with Crippen LogP contribution in [0.15, 0.2) is 48.7 Å². The molecule has 1 aliphatic heterocycles. The summed E-state index contributed by atoms with van der Waals surface area (Å²) < 4.78 is 64.7. The van der Waals surface area contributed by atoms with Crippen LogP contribution in [0.25, 0.3) is 0 Å². The summed E-state index contributed by atoms with van der Waals surface area (Å²) in [5.41, 5.74) is -2.06. The predicted octanol–water partition coefficient (Wildman–Crippen LogP) is 2.69. The SMILES string of the molecule is C=C[Si]1(C)c2cc(C)ccc2C(=O)c2ccc(OS(=O)(=O)C(F)(F)F)cc21. The minimum Gasteiger partial charge on any atom is -0.376 e. The Labute approximate surface area is 155 Å². The Morgan fingerprint density at radius 1 is 1.07 bits per heavy atom. The van der Waals surface area contributed by atoms with Crippen molar-refractivity contribution in [3.05, 3.63) is 65.4 Å². The van der Waals surface area contributed by atoms with Crippen LogP contribution in [0.4, 0.5) is 13.2 Å². The number of carbonyl (C=O) groups is 1. The van der Waals surface area contributed by atoms with Gasteiger partial charge in [0.25, 0.3) is 0 Å². The second kappa shape index (κ2) is 6.06. The fourth-order valence-corrected chi connectivity index (χ4v) is 6.84. The molecule has 1 atom stereocenters. The number of aryl methyl sites for hydroxylation is 1. The van der Waals surface area contributed by atoms with E-state index in [1.165, 1.54) is 12.1 Å². The van der Waals surface area contributed by atoms with Crippen LogP contribution >= 0.6 is 0 Å². The first-order valence-corrected chi connectivity index (χ1v) is 11.8. The van der Waals surface area contributed by atoms with Crippen LogP contribution < -0.4 is 14.6 Å². The summed E-state index contributed by atoms with van der Waals surface area (Å²) in [6, 6.07) is 8.96. The minimum absolute atomic E-state index is 0.267. The summed E-state index contributed by atoms with van der Waals surface area (Å²) >= 11 is 0. The molecule has 1 aliphatic rings. The number of fused-ring (bicyclic) bond motifs is 2. The molecule has 0 fully saturated rings. The van der Waals surface area contributed by atoms with Crippen LogP contribution in [0.2, 0.25) is 6.55 Å². The van der Waals surface area contributed by atoms with Gasteiger partial charge in [0.2, 0.25) is 0 Å². The van der Waals surface area contributed by atoms with Gasteiger partial charge in [0, 0.05) is 11.1 Å². The Kier molecular flexibility index (Phi) is 4.35. The lowest BCUT2D eigenvalue weighted by Crippen LogP contribution is -2.60. The Balaban J connectivity index is 2.19. The lowest BCUT2D eigenvalue weighted by atomic mass is 10.0. The van der Waals surface area contributed by atoms with Crippen LogP contribution in [-0.2, 0) is 10.1 Å². The van der Waals surface area contributed by atoms with E-state index in [4.69, 9.17) is 0 Å². The van der Waals surface area contributed by atoms with Gasteiger partial charge in [-0.15, -0.1) is 6.58 Å². The van der Waals surface area contributed by atoms with Crippen molar-refractivity contribution in [2.75, 3.05) is 0 Å². The lowest BCUT2D eigenvalue weighted by Gasteiger charge is -2.33. The average molecular weight is 412 g/mol. The molecule has 4 nitrogen and oxygen atoms in total. The van der Waals surface area contributed by atoms with Gasteiger partial charge in [-0.05, 0) is 35.5 Å². The van der Waals surface area contributed by atoms with Crippen molar-refractivity contribution in [1.29, 1.82) is 0 Å². The molecule has 1 heterocycles. The largest absolute Gasteiger partial charge is 0.534 e. The molecule has 3 rings (SSSR count). The molecular formula is C18H15F3O4SSi. The normalized spacial score (nSPS) is 19.2. The van der Waals surface area contributed by atoms with E-state index in [9.17, 15) is 26.4 Å². The van der Waals surface area contributed by atoms with Gasteiger partial charge >= 0.3 is 15.6 Å². The molecule has 0 bridgehead atoms. The highest BCUT2D eigenvalue weighted by Crippen LogP contribution is 2.29.